The Bertz CT molecular complexity index is 664. The lowest BCUT2D eigenvalue weighted by molar-refractivity contribution is -0.148. The molecule has 2 rings (SSSR count). The first-order chi connectivity index (χ1) is 10.0. The number of H-pyrrole nitrogens is 1. The highest BCUT2D eigenvalue weighted by Gasteiger charge is 2.18. The SMILES string of the molecule is COc1ccc2[nH]c(C(=O)NCC(OC)C(=O)O)cc2c1. The summed E-state index contributed by atoms with van der Waals surface area (Å²) < 4.78 is 9.86. The maximum atomic E-state index is 12.0. The number of hydrogen-bond acceptors (Lipinski definition) is 4. The average molecular weight is 292 g/mol. The van der Waals surface area contributed by atoms with Crippen molar-refractivity contribution in [1.82, 2.24) is 10.3 Å². The number of benzene rings is 1. The van der Waals surface area contributed by atoms with Crippen molar-refractivity contribution in [2.45, 2.75) is 6.10 Å². The van der Waals surface area contributed by atoms with E-state index in [0.717, 1.165) is 10.9 Å². The zero-order valence-corrected chi connectivity index (χ0v) is 11.7. The number of hydrogen-bond donors (Lipinski definition) is 3. The van der Waals surface area contributed by atoms with Crippen LogP contribution >= 0.6 is 0 Å². The molecule has 1 unspecified atom stereocenters. The third-order valence-electron chi connectivity index (χ3n) is 3.08. The van der Waals surface area contributed by atoms with Gasteiger partial charge in [-0.1, -0.05) is 0 Å². The molecule has 7 heteroatoms. The van der Waals surface area contributed by atoms with Gasteiger partial charge in [0.2, 0.25) is 0 Å². The highest BCUT2D eigenvalue weighted by molar-refractivity contribution is 5.98. The number of carbonyl (C=O) groups is 2. The van der Waals surface area contributed by atoms with Crippen LogP contribution in [-0.2, 0) is 9.53 Å². The number of aromatic nitrogens is 1. The van der Waals surface area contributed by atoms with Crippen molar-refractivity contribution in [2.75, 3.05) is 20.8 Å². The number of amides is 1. The van der Waals surface area contributed by atoms with E-state index in [1.165, 1.54) is 7.11 Å². The summed E-state index contributed by atoms with van der Waals surface area (Å²) in [6.07, 6.45) is -1.07. The number of fused-ring (bicyclic) bond motifs is 1. The minimum absolute atomic E-state index is 0.108. The summed E-state index contributed by atoms with van der Waals surface area (Å²) in [4.78, 5) is 25.7. The fourth-order valence-electron chi connectivity index (χ4n) is 1.91. The van der Waals surface area contributed by atoms with Crippen LogP contribution in [0.2, 0.25) is 0 Å². The van der Waals surface area contributed by atoms with E-state index in [-0.39, 0.29) is 6.54 Å². The molecule has 0 radical (unpaired) electrons. The van der Waals surface area contributed by atoms with E-state index >= 15 is 0 Å². The van der Waals surface area contributed by atoms with E-state index in [9.17, 15) is 9.59 Å². The maximum Gasteiger partial charge on any atom is 0.334 e. The standard InChI is InChI=1S/C14H16N2O5/c1-20-9-3-4-10-8(5-9)6-11(16-10)13(17)15-7-12(21-2)14(18)19/h3-6,12,16H,7H2,1-2H3,(H,15,17)(H,18,19). The monoisotopic (exact) mass is 292 g/mol. The third kappa shape index (κ3) is 3.32. The second-order valence-electron chi connectivity index (χ2n) is 4.41. The van der Waals surface area contributed by atoms with Gasteiger partial charge in [-0.05, 0) is 24.3 Å². The van der Waals surface area contributed by atoms with Crippen molar-refractivity contribution in [2.24, 2.45) is 0 Å². The molecule has 0 saturated heterocycles. The fourth-order valence-corrected chi connectivity index (χ4v) is 1.91. The Hall–Kier alpha value is -2.54. The van der Waals surface area contributed by atoms with Gasteiger partial charge in [-0.2, -0.15) is 0 Å². The van der Waals surface area contributed by atoms with Gasteiger partial charge in [-0.15, -0.1) is 0 Å². The Morgan fingerprint density at radius 2 is 2.10 bits per heavy atom. The van der Waals surface area contributed by atoms with Crippen molar-refractivity contribution < 1.29 is 24.2 Å². The van der Waals surface area contributed by atoms with Gasteiger partial charge in [0, 0.05) is 18.0 Å². The summed E-state index contributed by atoms with van der Waals surface area (Å²) in [5.41, 5.74) is 1.14. The lowest BCUT2D eigenvalue weighted by Gasteiger charge is -2.10. The Morgan fingerprint density at radius 3 is 2.71 bits per heavy atom. The van der Waals surface area contributed by atoms with Gasteiger partial charge in [0.25, 0.3) is 5.91 Å². The number of methoxy groups -OCH3 is 2. The number of aliphatic carboxylic acids is 1. The zero-order chi connectivity index (χ0) is 15.4. The largest absolute Gasteiger partial charge is 0.497 e. The highest BCUT2D eigenvalue weighted by Crippen LogP contribution is 2.21. The smallest absolute Gasteiger partial charge is 0.334 e. The van der Waals surface area contributed by atoms with E-state index in [0.29, 0.717) is 11.4 Å². The summed E-state index contributed by atoms with van der Waals surface area (Å²) >= 11 is 0. The van der Waals surface area contributed by atoms with Crippen LogP contribution in [0.25, 0.3) is 10.9 Å². The molecule has 7 nitrogen and oxygen atoms in total. The lowest BCUT2D eigenvalue weighted by atomic mass is 10.2. The van der Waals surface area contributed by atoms with Crippen molar-refractivity contribution in [3.05, 3.63) is 30.0 Å². The Balaban J connectivity index is 2.10. The van der Waals surface area contributed by atoms with E-state index in [1.54, 1.807) is 31.4 Å². The van der Waals surface area contributed by atoms with Gasteiger partial charge in [0.05, 0.1) is 13.7 Å². The maximum absolute atomic E-state index is 12.0. The summed E-state index contributed by atoms with van der Waals surface area (Å²) in [7, 11) is 2.85. The number of rotatable bonds is 6. The fraction of sp³-hybridized carbons (Fsp3) is 0.286. The molecule has 3 N–H and O–H groups in total. The van der Waals surface area contributed by atoms with Crippen LogP contribution in [0.5, 0.6) is 5.75 Å². The zero-order valence-electron chi connectivity index (χ0n) is 11.7. The normalized spacial score (nSPS) is 12.1. The molecule has 21 heavy (non-hydrogen) atoms. The summed E-state index contributed by atoms with van der Waals surface area (Å²) in [6, 6.07) is 7.07. The van der Waals surface area contributed by atoms with Crippen LogP contribution in [0.1, 0.15) is 10.5 Å². The van der Waals surface area contributed by atoms with Crippen molar-refractivity contribution in [3.63, 3.8) is 0 Å². The molecule has 0 fully saturated rings. The lowest BCUT2D eigenvalue weighted by Crippen LogP contribution is -2.37. The van der Waals surface area contributed by atoms with Crippen LogP contribution < -0.4 is 10.1 Å². The summed E-state index contributed by atoms with van der Waals surface area (Å²) in [5, 5.41) is 12.2. The van der Waals surface area contributed by atoms with Gasteiger partial charge >= 0.3 is 5.97 Å². The molecular formula is C14H16N2O5. The highest BCUT2D eigenvalue weighted by atomic mass is 16.5. The topological polar surface area (TPSA) is 101 Å². The number of carboxylic acids is 1. The minimum Gasteiger partial charge on any atom is -0.497 e. The number of aromatic amines is 1. The van der Waals surface area contributed by atoms with Crippen LogP contribution in [-0.4, -0.2) is 48.8 Å². The first-order valence-corrected chi connectivity index (χ1v) is 6.25. The molecule has 0 aliphatic carbocycles. The number of carboxylic acid groups (broad SMARTS) is 1. The molecule has 112 valence electrons. The third-order valence-corrected chi connectivity index (χ3v) is 3.08. The first kappa shape index (κ1) is 14.9. The molecule has 0 aliphatic rings. The van der Waals surface area contributed by atoms with Crippen molar-refractivity contribution >= 4 is 22.8 Å². The number of nitrogens with one attached hydrogen (secondary N) is 2. The van der Waals surface area contributed by atoms with Crippen LogP contribution in [0.4, 0.5) is 0 Å². The summed E-state index contributed by atoms with van der Waals surface area (Å²) in [5.74, 6) is -0.827. The van der Waals surface area contributed by atoms with Crippen LogP contribution in [0.15, 0.2) is 24.3 Å². The van der Waals surface area contributed by atoms with Crippen LogP contribution in [0.3, 0.4) is 0 Å². The first-order valence-electron chi connectivity index (χ1n) is 6.25. The molecule has 0 aliphatic heterocycles. The van der Waals surface area contributed by atoms with E-state index < -0.39 is 18.0 Å². The Kier molecular flexibility index (Phi) is 4.44. The van der Waals surface area contributed by atoms with Gasteiger partial charge in [0.1, 0.15) is 11.4 Å². The Labute approximate surface area is 120 Å². The molecule has 2 aromatic rings. The molecule has 0 spiro atoms. The molecule has 0 saturated carbocycles. The average Bonchev–Trinajstić information content (AvgIpc) is 2.90. The predicted molar refractivity (Wildman–Crippen MR) is 75.6 cm³/mol. The van der Waals surface area contributed by atoms with E-state index in [1.807, 2.05) is 0 Å². The Morgan fingerprint density at radius 1 is 1.33 bits per heavy atom. The molecule has 1 aromatic heterocycles. The minimum atomic E-state index is -1.13. The summed E-state index contributed by atoms with van der Waals surface area (Å²) in [6.45, 7) is -0.108. The number of ether oxygens (including phenoxy) is 2. The molecular weight excluding hydrogens is 276 g/mol. The molecule has 1 atom stereocenters. The van der Waals surface area contributed by atoms with Crippen LogP contribution in [0, 0.1) is 0 Å². The van der Waals surface area contributed by atoms with Gasteiger partial charge in [-0.3, -0.25) is 4.79 Å². The second kappa shape index (κ2) is 6.27. The van der Waals surface area contributed by atoms with Crippen molar-refractivity contribution in [3.8, 4) is 5.75 Å². The van der Waals surface area contributed by atoms with E-state index in [2.05, 4.69) is 10.3 Å². The number of carbonyl (C=O) groups excluding carboxylic acids is 1. The predicted octanol–water partition coefficient (Wildman–Crippen LogP) is 1.01. The molecule has 1 heterocycles. The molecule has 1 aromatic carbocycles. The molecule has 1 amide bonds. The van der Waals surface area contributed by atoms with Gasteiger partial charge in [0.15, 0.2) is 6.10 Å². The second-order valence-corrected chi connectivity index (χ2v) is 4.41. The molecule has 0 bridgehead atoms. The van der Waals surface area contributed by atoms with Gasteiger partial charge < -0.3 is 24.9 Å². The van der Waals surface area contributed by atoms with E-state index in [4.69, 9.17) is 14.6 Å². The van der Waals surface area contributed by atoms with Gasteiger partial charge in [-0.25, -0.2) is 4.79 Å². The van der Waals surface area contributed by atoms with Crippen molar-refractivity contribution in [1.29, 1.82) is 0 Å². The quantitative estimate of drug-likeness (QED) is 0.737.